The van der Waals surface area contributed by atoms with E-state index in [1.54, 1.807) is 4.68 Å². The van der Waals surface area contributed by atoms with Crippen molar-refractivity contribution in [2.24, 2.45) is 7.05 Å². The fourth-order valence-electron chi connectivity index (χ4n) is 3.92. The first-order valence-electron chi connectivity index (χ1n) is 9.28. The molecule has 4 rings (SSSR count). The maximum absolute atomic E-state index is 13.4. The van der Waals surface area contributed by atoms with Gasteiger partial charge in [0, 0.05) is 43.5 Å². The summed E-state index contributed by atoms with van der Waals surface area (Å²) < 4.78 is 3.65. The van der Waals surface area contributed by atoms with Crippen molar-refractivity contribution in [2.45, 2.75) is 46.2 Å². The van der Waals surface area contributed by atoms with Gasteiger partial charge >= 0.3 is 0 Å². The Kier molecular flexibility index (Phi) is 4.13. The molecule has 1 amide bonds. The Morgan fingerprint density at radius 3 is 2.85 bits per heavy atom. The van der Waals surface area contributed by atoms with E-state index in [0.29, 0.717) is 24.3 Å². The van der Waals surface area contributed by atoms with Crippen molar-refractivity contribution < 1.29 is 4.79 Å². The zero-order chi connectivity index (χ0) is 19.3. The van der Waals surface area contributed by atoms with Gasteiger partial charge in [-0.1, -0.05) is 0 Å². The summed E-state index contributed by atoms with van der Waals surface area (Å²) in [6.45, 7) is 7.03. The molecule has 3 aromatic rings. The molecule has 0 saturated carbocycles. The van der Waals surface area contributed by atoms with E-state index in [1.807, 2.05) is 43.6 Å². The summed E-state index contributed by atoms with van der Waals surface area (Å²) in [6, 6.07) is 1.48. The molecule has 3 aromatic heterocycles. The van der Waals surface area contributed by atoms with E-state index in [4.69, 9.17) is 0 Å². The monoisotopic (exact) mass is 368 g/mol. The molecule has 1 aliphatic heterocycles. The molecule has 0 bridgehead atoms. The van der Waals surface area contributed by atoms with Crippen LogP contribution in [0.1, 0.15) is 53.6 Å². The van der Waals surface area contributed by atoms with Gasteiger partial charge in [0.15, 0.2) is 0 Å². The Balaban J connectivity index is 1.80. The number of pyridine rings is 1. The van der Waals surface area contributed by atoms with Crippen molar-refractivity contribution in [3.05, 3.63) is 45.1 Å². The SMILES string of the molecule is Cc1nn(C(C)C)c2[nH]c(=O)cc(C(=O)N3CCCc4c(cnn4C)C3)c12. The summed E-state index contributed by atoms with van der Waals surface area (Å²) in [5, 5.41) is 9.58. The predicted octanol–water partition coefficient (Wildman–Crippen LogP) is 1.94. The number of amides is 1. The van der Waals surface area contributed by atoms with Gasteiger partial charge in [-0.3, -0.25) is 14.3 Å². The number of carbonyl (C=O) groups is 1. The van der Waals surface area contributed by atoms with Crippen LogP contribution in [0, 0.1) is 6.92 Å². The van der Waals surface area contributed by atoms with Crippen molar-refractivity contribution in [1.82, 2.24) is 29.4 Å². The third kappa shape index (κ3) is 2.85. The smallest absolute Gasteiger partial charge is 0.255 e. The molecule has 0 aliphatic carbocycles. The van der Waals surface area contributed by atoms with Crippen LogP contribution in [0.4, 0.5) is 0 Å². The highest BCUT2D eigenvalue weighted by Gasteiger charge is 2.26. The minimum Gasteiger partial charge on any atom is -0.334 e. The van der Waals surface area contributed by atoms with Crippen molar-refractivity contribution in [3.8, 4) is 0 Å². The molecule has 4 heterocycles. The normalized spacial score (nSPS) is 14.6. The van der Waals surface area contributed by atoms with Gasteiger partial charge in [-0.05, 0) is 33.6 Å². The standard InChI is InChI=1S/C19H24N6O2/c1-11(2)25-18-17(12(3)22-25)14(8-16(26)21-18)19(27)24-7-5-6-15-13(10-24)9-20-23(15)4/h8-9,11H,5-7,10H2,1-4H3,(H,21,26). The first-order valence-corrected chi connectivity index (χ1v) is 9.28. The number of rotatable bonds is 2. The summed E-state index contributed by atoms with van der Waals surface area (Å²) in [7, 11) is 1.93. The number of hydrogen-bond donors (Lipinski definition) is 1. The second-order valence-corrected chi connectivity index (χ2v) is 7.46. The van der Waals surface area contributed by atoms with Crippen LogP contribution in [0.2, 0.25) is 0 Å². The molecule has 0 aromatic carbocycles. The van der Waals surface area contributed by atoms with Gasteiger partial charge in [0.2, 0.25) is 5.56 Å². The van der Waals surface area contributed by atoms with E-state index in [-0.39, 0.29) is 17.5 Å². The molecular weight excluding hydrogens is 344 g/mol. The summed E-state index contributed by atoms with van der Waals surface area (Å²) in [4.78, 5) is 30.3. The number of carbonyl (C=O) groups excluding carboxylic acids is 1. The van der Waals surface area contributed by atoms with E-state index < -0.39 is 0 Å². The number of aromatic nitrogens is 5. The molecule has 1 N–H and O–H groups in total. The lowest BCUT2D eigenvalue weighted by Crippen LogP contribution is -2.31. The van der Waals surface area contributed by atoms with E-state index in [9.17, 15) is 9.59 Å². The molecule has 0 fully saturated rings. The van der Waals surface area contributed by atoms with Gasteiger partial charge in [-0.25, -0.2) is 4.68 Å². The fourth-order valence-corrected chi connectivity index (χ4v) is 3.92. The predicted molar refractivity (Wildman–Crippen MR) is 102 cm³/mol. The van der Waals surface area contributed by atoms with Gasteiger partial charge in [0.1, 0.15) is 5.65 Å². The van der Waals surface area contributed by atoms with Gasteiger partial charge < -0.3 is 9.88 Å². The molecular formula is C19H24N6O2. The molecule has 8 nitrogen and oxygen atoms in total. The number of hydrogen-bond acceptors (Lipinski definition) is 4. The summed E-state index contributed by atoms with van der Waals surface area (Å²) in [6.07, 6.45) is 3.59. The van der Waals surface area contributed by atoms with Gasteiger partial charge in [-0.15, -0.1) is 0 Å². The maximum Gasteiger partial charge on any atom is 0.255 e. The summed E-state index contributed by atoms with van der Waals surface area (Å²) >= 11 is 0. The van der Waals surface area contributed by atoms with Gasteiger partial charge in [0.05, 0.1) is 22.8 Å². The van der Waals surface area contributed by atoms with Crippen LogP contribution in [0.25, 0.3) is 11.0 Å². The van der Waals surface area contributed by atoms with E-state index in [1.165, 1.54) is 11.8 Å². The van der Waals surface area contributed by atoms with Crippen LogP contribution >= 0.6 is 0 Å². The average Bonchev–Trinajstić information content (AvgIpc) is 3.04. The Bertz CT molecular complexity index is 1090. The largest absolute Gasteiger partial charge is 0.334 e. The van der Waals surface area contributed by atoms with Gasteiger partial charge in [0.25, 0.3) is 5.91 Å². The van der Waals surface area contributed by atoms with E-state index >= 15 is 0 Å². The molecule has 0 atom stereocenters. The topological polar surface area (TPSA) is 88.8 Å². The zero-order valence-corrected chi connectivity index (χ0v) is 16.1. The molecule has 0 saturated heterocycles. The second kappa shape index (κ2) is 6.37. The highest BCUT2D eigenvalue weighted by Crippen LogP contribution is 2.25. The maximum atomic E-state index is 13.4. The van der Waals surface area contributed by atoms with Crippen LogP contribution in [-0.4, -0.2) is 41.9 Å². The minimum absolute atomic E-state index is 0.0818. The molecule has 1 aliphatic rings. The third-order valence-corrected chi connectivity index (χ3v) is 5.23. The average molecular weight is 368 g/mol. The Labute approximate surface area is 156 Å². The molecule has 27 heavy (non-hydrogen) atoms. The van der Waals surface area contributed by atoms with E-state index in [0.717, 1.165) is 29.5 Å². The Morgan fingerprint density at radius 2 is 2.11 bits per heavy atom. The second-order valence-electron chi connectivity index (χ2n) is 7.46. The fraction of sp³-hybridized carbons (Fsp3) is 0.474. The lowest BCUT2D eigenvalue weighted by molar-refractivity contribution is 0.0747. The minimum atomic E-state index is -0.287. The Morgan fingerprint density at radius 1 is 1.33 bits per heavy atom. The van der Waals surface area contributed by atoms with Crippen LogP contribution in [-0.2, 0) is 20.0 Å². The molecule has 8 heteroatoms. The Hall–Kier alpha value is -2.90. The van der Waals surface area contributed by atoms with Crippen LogP contribution in [0.15, 0.2) is 17.1 Å². The van der Waals surface area contributed by atoms with Gasteiger partial charge in [-0.2, -0.15) is 10.2 Å². The summed E-state index contributed by atoms with van der Waals surface area (Å²) in [5.74, 6) is -0.130. The van der Waals surface area contributed by atoms with Crippen molar-refractivity contribution in [1.29, 1.82) is 0 Å². The number of aromatic amines is 1. The van der Waals surface area contributed by atoms with Crippen LogP contribution in [0.3, 0.4) is 0 Å². The van der Waals surface area contributed by atoms with Crippen molar-refractivity contribution >= 4 is 16.9 Å². The number of aryl methyl sites for hydroxylation is 2. The summed E-state index contributed by atoms with van der Waals surface area (Å²) in [5.41, 5.74) is 3.73. The highest BCUT2D eigenvalue weighted by atomic mass is 16.2. The first kappa shape index (κ1) is 17.5. The lowest BCUT2D eigenvalue weighted by Gasteiger charge is -2.21. The first-order chi connectivity index (χ1) is 12.9. The number of nitrogens with zero attached hydrogens (tertiary/aromatic N) is 5. The van der Waals surface area contributed by atoms with Crippen LogP contribution in [0.5, 0.6) is 0 Å². The number of H-pyrrole nitrogens is 1. The number of fused-ring (bicyclic) bond motifs is 2. The molecule has 0 spiro atoms. The van der Waals surface area contributed by atoms with Crippen molar-refractivity contribution in [2.75, 3.05) is 6.54 Å². The highest BCUT2D eigenvalue weighted by molar-refractivity contribution is 6.06. The molecule has 142 valence electrons. The molecule has 0 radical (unpaired) electrons. The quantitative estimate of drug-likeness (QED) is 0.749. The number of nitrogens with one attached hydrogen (secondary N) is 1. The van der Waals surface area contributed by atoms with Crippen molar-refractivity contribution in [3.63, 3.8) is 0 Å². The van der Waals surface area contributed by atoms with Crippen LogP contribution < -0.4 is 5.56 Å². The zero-order valence-electron chi connectivity index (χ0n) is 16.1. The lowest BCUT2D eigenvalue weighted by atomic mass is 10.1. The third-order valence-electron chi connectivity index (χ3n) is 5.23. The molecule has 0 unspecified atom stereocenters. The van der Waals surface area contributed by atoms with E-state index in [2.05, 4.69) is 15.2 Å².